The van der Waals surface area contributed by atoms with Crippen LogP contribution in [0.1, 0.15) is 31.8 Å². The van der Waals surface area contributed by atoms with Crippen LogP contribution in [0.4, 0.5) is 5.69 Å². The summed E-state index contributed by atoms with van der Waals surface area (Å²) >= 11 is 0. The number of nitrogens with one attached hydrogen (secondary N) is 1. The monoisotopic (exact) mass is 555 g/mol. The highest BCUT2D eigenvalue weighted by Gasteiger charge is 2.37. The SMILES string of the molecule is CN1c2ccccc2C(=O)C(Cc2ccc(C(=O)O)cc2)C1C#CCc1cccnc1.O=c1cc[nH]c2ccccc12. The van der Waals surface area contributed by atoms with E-state index in [2.05, 4.69) is 26.7 Å². The van der Waals surface area contributed by atoms with Crippen LogP contribution in [0.5, 0.6) is 0 Å². The summed E-state index contributed by atoms with van der Waals surface area (Å²) < 4.78 is 0. The fourth-order valence-corrected chi connectivity index (χ4v) is 5.07. The molecule has 0 saturated heterocycles. The Balaban J connectivity index is 0.000000267. The average molecular weight is 556 g/mol. The molecule has 0 radical (unpaired) electrons. The minimum absolute atomic E-state index is 0.0664. The highest BCUT2D eigenvalue weighted by Crippen LogP contribution is 2.34. The number of rotatable bonds is 4. The minimum atomic E-state index is -0.965. The van der Waals surface area contributed by atoms with Gasteiger partial charge in [-0.1, -0.05) is 54.3 Å². The third kappa shape index (κ3) is 6.29. The van der Waals surface area contributed by atoms with E-state index in [1.54, 1.807) is 42.9 Å². The molecule has 42 heavy (non-hydrogen) atoms. The van der Waals surface area contributed by atoms with Gasteiger partial charge in [-0.15, -0.1) is 0 Å². The van der Waals surface area contributed by atoms with Crippen LogP contribution in [0.3, 0.4) is 0 Å². The molecule has 208 valence electrons. The van der Waals surface area contributed by atoms with Crippen molar-refractivity contribution in [3.8, 4) is 11.8 Å². The van der Waals surface area contributed by atoms with Gasteiger partial charge in [0.1, 0.15) is 6.04 Å². The van der Waals surface area contributed by atoms with Crippen LogP contribution in [0.15, 0.2) is 114 Å². The molecule has 1 aliphatic heterocycles. The van der Waals surface area contributed by atoms with Crippen molar-refractivity contribution in [2.45, 2.75) is 18.9 Å². The molecule has 0 fully saturated rings. The van der Waals surface area contributed by atoms with Gasteiger partial charge in [0, 0.05) is 60.3 Å². The Bertz CT molecular complexity index is 1830. The number of pyridine rings is 2. The number of para-hydroxylation sites is 2. The predicted octanol–water partition coefficient (Wildman–Crippen LogP) is 5.41. The first-order valence-corrected chi connectivity index (χ1v) is 13.5. The number of nitrogens with zero attached hydrogens (tertiary/aromatic N) is 2. The van der Waals surface area contributed by atoms with Gasteiger partial charge in [-0.25, -0.2) is 4.79 Å². The third-order valence-corrected chi connectivity index (χ3v) is 7.27. The number of aromatic amines is 1. The summed E-state index contributed by atoms with van der Waals surface area (Å²) in [5.74, 6) is 5.31. The van der Waals surface area contributed by atoms with Crippen molar-refractivity contribution in [2.75, 3.05) is 11.9 Å². The molecule has 6 rings (SSSR count). The second-order valence-corrected chi connectivity index (χ2v) is 10.00. The van der Waals surface area contributed by atoms with E-state index in [1.807, 2.05) is 67.7 Å². The fourth-order valence-electron chi connectivity index (χ4n) is 5.07. The predicted molar refractivity (Wildman–Crippen MR) is 164 cm³/mol. The van der Waals surface area contributed by atoms with Crippen LogP contribution in [0.25, 0.3) is 10.9 Å². The number of fused-ring (bicyclic) bond motifs is 2. The van der Waals surface area contributed by atoms with Gasteiger partial charge in [0.2, 0.25) is 0 Å². The van der Waals surface area contributed by atoms with Crippen molar-refractivity contribution in [3.63, 3.8) is 0 Å². The lowest BCUT2D eigenvalue weighted by molar-refractivity contribution is 0.0696. The van der Waals surface area contributed by atoms with Crippen molar-refractivity contribution in [1.29, 1.82) is 0 Å². The molecule has 2 atom stereocenters. The molecule has 5 aromatic rings. The number of Topliss-reactive ketones (excluding diaryl/α,β-unsaturated/α-hetero) is 1. The van der Waals surface area contributed by atoms with Crippen LogP contribution >= 0.6 is 0 Å². The summed E-state index contributed by atoms with van der Waals surface area (Å²) in [6.45, 7) is 0. The first-order valence-electron chi connectivity index (χ1n) is 13.5. The standard InChI is InChI=1S/C26H22N2O3.C9H7NO/c1-28-23-9-3-2-8-21(23)25(29)22(16-18-11-13-20(14-12-18)26(30)31)24(28)10-4-6-19-7-5-15-27-17-19;11-9-5-6-10-8-4-2-1-3-7(8)9/h2-3,5,7-9,11-15,17,22,24H,6,16H2,1H3,(H,30,31);1-6H,(H,10,11). The molecule has 3 heterocycles. The molecule has 0 spiro atoms. The maximum absolute atomic E-state index is 13.4. The summed E-state index contributed by atoms with van der Waals surface area (Å²) in [6.07, 6.45) is 6.23. The maximum atomic E-state index is 13.4. The van der Waals surface area contributed by atoms with Crippen molar-refractivity contribution < 1.29 is 14.7 Å². The van der Waals surface area contributed by atoms with E-state index in [-0.39, 0.29) is 28.7 Å². The van der Waals surface area contributed by atoms with E-state index in [0.717, 1.165) is 27.7 Å². The zero-order chi connectivity index (χ0) is 29.5. The van der Waals surface area contributed by atoms with Crippen LogP contribution < -0.4 is 10.3 Å². The van der Waals surface area contributed by atoms with Gasteiger partial charge in [0.15, 0.2) is 11.2 Å². The van der Waals surface area contributed by atoms with E-state index in [4.69, 9.17) is 5.11 Å². The highest BCUT2D eigenvalue weighted by atomic mass is 16.4. The summed E-state index contributed by atoms with van der Waals surface area (Å²) in [6, 6.07) is 26.9. The summed E-state index contributed by atoms with van der Waals surface area (Å²) in [7, 11) is 1.97. The number of carboxylic acid groups (broad SMARTS) is 1. The first-order chi connectivity index (χ1) is 20.4. The Morgan fingerprint density at radius 1 is 0.929 bits per heavy atom. The van der Waals surface area contributed by atoms with Crippen LogP contribution in [-0.2, 0) is 12.8 Å². The van der Waals surface area contributed by atoms with Gasteiger partial charge in [0.05, 0.1) is 11.5 Å². The molecule has 7 nitrogen and oxygen atoms in total. The largest absolute Gasteiger partial charge is 0.478 e. The maximum Gasteiger partial charge on any atom is 0.335 e. The number of hydrogen-bond donors (Lipinski definition) is 2. The van der Waals surface area contributed by atoms with Crippen molar-refractivity contribution >= 4 is 28.3 Å². The number of H-pyrrole nitrogens is 1. The Morgan fingerprint density at radius 2 is 1.69 bits per heavy atom. The molecule has 2 aromatic heterocycles. The van der Waals surface area contributed by atoms with E-state index >= 15 is 0 Å². The molecule has 7 heteroatoms. The summed E-state index contributed by atoms with van der Waals surface area (Å²) in [5, 5.41) is 9.88. The number of anilines is 1. The second-order valence-electron chi connectivity index (χ2n) is 10.00. The summed E-state index contributed by atoms with van der Waals surface area (Å²) in [4.78, 5) is 44.9. The van der Waals surface area contributed by atoms with Gasteiger partial charge in [-0.05, 0) is 60.0 Å². The molecule has 0 amide bonds. The molecular weight excluding hydrogens is 526 g/mol. The lowest BCUT2D eigenvalue weighted by Gasteiger charge is -2.38. The number of carbonyl (C=O) groups is 2. The number of carbonyl (C=O) groups excluding carboxylic acids is 1. The van der Waals surface area contributed by atoms with Crippen molar-refractivity contribution in [2.24, 2.45) is 5.92 Å². The van der Waals surface area contributed by atoms with Gasteiger partial charge in [0.25, 0.3) is 0 Å². The Hall–Kier alpha value is -5.48. The number of carboxylic acids is 1. The molecule has 0 saturated carbocycles. The zero-order valence-corrected chi connectivity index (χ0v) is 23.0. The van der Waals surface area contributed by atoms with Gasteiger partial charge in [-0.3, -0.25) is 14.6 Å². The molecule has 3 aromatic carbocycles. The van der Waals surface area contributed by atoms with E-state index in [1.165, 1.54) is 6.07 Å². The average Bonchev–Trinajstić information content (AvgIpc) is 3.02. The first kappa shape index (κ1) is 28.1. The lowest BCUT2D eigenvalue weighted by atomic mass is 9.81. The fraction of sp³-hybridized carbons (Fsp3) is 0.143. The van der Waals surface area contributed by atoms with E-state index in [9.17, 15) is 14.4 Å². The normalized spacial score (nSPS) is 15.5. The molecule has 0 aliphatic carbocycles. The van der Waals surface area contributed by atoms with E-state index < -0.39 is 5.97 Å². The minimum Gasteiger partial charge on any atom is -0.478 e. The van der Waals surface area contributed by atoms with E-state index in [0.29, 0.717) is 18.4 Å². The van der Waals surface area contributed by atoms with Crippen LogP contribution in [0, 0.1) is 17.8 Å². The smallest absolute Gasteiger partial charge is 0.335 e. The molecule has 2 unspecified atom stereocenters. The highest BCUT2D eigenvalue weighted by molar-refractivity contribution is 6.06. The van der Waals surface area contributed by atoms with Gasteiger partial charge < -0.3 is 15.0 Å². The Labute approximate surface area is 243 Å². The quantitative estimate of drug-likeness (QED) is 0.287. The Morgan fingerprint density at radius 3 is 2.43 bits per heavy atom. The number of aromatic carboxylic acids is 1. The third-order valence-electron chi connectivity index (χ3n) is 7.27. The van der Waals surface area contributed by atoms with Gasteiger partial charge >= 0.3 is 5.97 Å². The van der Waals surface area contributed by atoms with Crippen molar-refractivity contribution in [3.05, 3.63) is 142 Å². The lowest BCUT2D eigenvalue weighted by Crippen LogP contribution is -2.46. The second kappa shape index (κ2) is 12.8. The number of hydrogen-bond acceptors (Lipinski definition) is 5. The topological polar surface area (TPSA) is 103 Å². The van der Waals surface area contributed by atoms with Crippen molar-refractivity contribution in [1.82, 2.24) is 9.97 Å². The van der Waals surface area contributed by atoms with Crippen LogP contribution in [-0.4, -0.2) is 39.9 Å². The molecular formula is C35H29N3O4. The number of ketones is 1. The summed E-state index contributed by atoms with van der Waals surface area (Å²) in [5.41, 5.74) is 4.71. The molecule has 1 aliphatic rings. The van der Waals surface area contributed by atoms with Gasteiger partial charge in [-0.2, -0.15) is 0 Å². The zero-order valence-electron chi connectivity index (χ0n) is 23.0. The number of aromatic nitrogens is 2. The Kier molecular flexibility index (Phi) is 8.55. The molecule has 0 bridgehead atoms. The van der Waals surface area contributed by atoms with Crippen LogP contribution in [0.2, 0.25) is 0 Å². The molecule has 2 N–H and O–H groups in total. The number of benzene rings is 3.